The Labute approximate surface area is 145 Å². The second-order valence-electron chi connectivity index (χ2n) is 5.86. The third-order valence-corrected chi connectivity index (χ3v) is 3.89. The summed E-state index contributed by atoms with van der Waals surface area (Å²) in [5.74, 6) is -0.276. The molecule has 0 radical (unpaired) electrons. The Bertz CT molecular complexity index is 934. The van der Waals surface area contributed by atoms with Crippen molar-refractivity contribution in [2.24, 2.45) is 0 Å². The van der Waals surface area contributed by atoms with E-state index in [-0.39, 0.29) is 17.5 Å². The minimum Gasteiger partial charge on any atom is -0.346 e. The number of aromatic amines is 1. The van der Waals surface area contributed by atoms with Crippen molar-refractivity contribution in [3.05, 3.63) is 82.3 Å². The van der Waals surface area contributed by atoms with Crippen LogP contribution in [0.25, 0.3) is 11.1 Å². The lowest BCUT2D eigenvalue weighted by atomic mass is 10.0. The molecular formula is C19H18N4O2. The zero-order valence-electron chi connectivity index (χ0n) is 14.0. The molecule has 3 aromatic rings. The maximum Gasteiger partial charge on any atom is 0.252 e. The minimum atomic E-state index is -0.285. The van der Waals surface area contributed by atoms with E-state index in [9.17, 15) is 9.59 Å². The minimum absolute atomic E-state index is 0.187. The van der Waals surface area contributed by atoms with Gasteiger partial charge < -0.3 is 10.3 Å². The van der Waals surface area contributed by atoms with Crippen molar-refractivity contribution in [2.75, 3.05) is 0 Å². The highest BCUT2D eigenvalue weighted by Gasteiger charge is 2.12. The summed E-state index contributed by atoms with van der Waals surface area (Å²) in [7, 11) is 0. The quantitative estimate of drug-likeness (QED) is 0.768. The molecule has 2 N–H and O–H groups in total. The fourth-order valence-electron chi connectivity index (χ4n) is 2.59. The summed E-state index contributed by atoms with van der Waals surface area (Å²) in [4.78, 5) is 34.5. The summed E-state index contributed by atoms with van der Waals surface area (Å²) >= 11 is 0. The van der Waals surface area contributed by atoms with Crippen LogP contribution in [0.1, 0.15) is 34.6 Å². The van der Waals surface area contributed by atoms with E-state index in [1.807, 2.05) is 31.2 Å². The van der Waals surface area contributed by atoms with E-state index in [4.69, 9.17) is 0 Å². The Kier molecular flexibility index (Phi) is 4.70. The molecule has 126 valence electrons. The molecule has 6 nitrogen and oxygen atoms in total. The standard InChI is InChI=1S/C19H18N4O2/c1-12-7-16(8-18(24)22-12)19(25)23-13(2)14-3-5-15(6-4-14)17-9-20-11-21-10-17/h3-11,13H,1-2H3,(H,22,24)(H,23,25)/t13-/m1/s1. The number of aromatic nitrogens is 3. The third-order valence-electron chi connectivity index (χ3n) is 3.89. The maximum atomic E-state index is 12.3. The van der Waals surface area contributed by atoms with Crippen LogP contribution in [0.5, 0.6) is 0 Å². The Morgan fingerprint density at radius 3 is 2.40 bits per heavy atom. The predicted octanol–water partition coefficient (Wildman–Crippen LogP) is 2.63. The van der Waals surface area contributed by atoms with Crippen LogP contribution in [0, 0.1) is 6.92 Å². The first-order valence-corrected chi connectivity index (χ1v) is 7.90. The zero-order chi connectivity index (χ0) is 17.8. The first kappa shape index (κ1) is 16.6. The molecule has 3 rings (SSSR count). The number of nitrogens with one attached hydrogen (secondary N) is 2. The van der Waals surface area contributed by atoms with E-state index >= 15 is 0 Å². The van der Waals surface area contributed by atoms with Crippen LogP contribution in [0.2, 0.25) is 0 Å². The molecule has 0 spiro atoms. The average Bonchev–Trinajstić information content (AvgIpc) is 2.61. The van der Waals surface area contributed by atoms with E-state index in [1.165, 1.54) is 12.4 Å². The lowest BCUT2D eigenvalue weighted by Gasteiger charge is -2.15. The van der Waals surface area contributed by atoms with Crippen molar-refractivity contribution in [3.8, 4) is 11.1 Å². The van der Waals surface area contributed by atoms with E-state index < -0.39 is 0 Å². The van der Waals surface area contributed by atoms with Gasteiger partial charge in [-0.2, -0.15) is 0 Å². The second-order valence-corrected chi connectivity index (χ2v) is 5.86. The van der Waals surface area contributed by atoms with E-state index in [0.29, 0.717) is 11.3 Å². The first-order chi connectivity index (χ1) is 12.0. The van der Waals surface area contributed by atoms with Crippen molar-refractivity contribution in [1.29, 1.82) is 0 Å². The molecule has 1 amide bonds. The average molecular weight is 334 g/mol. The van der Waals surface area contributed by atoms with Crippen LogP contribution in [0.15, 0.2) is 59.9 Å². The van der Waals surface area contributed by atoms with Gasteiger partial charge in [-0.15, -0.1) is 0 Å². The SMILES string of the molecule is Cc1cc(C(=O)N[C@H](C)c2ccc(-c3cncnc3)cc2)cc(=O)[nH]1. The van der Waals surface area contributed by atoms with E-state index in [0.717, 1.165) is 16.7 Å². The first-order valence-electron chi connectivity index (χ1n) is 7.90. The van der Waals surface area contributed by atoms with E-state index in [2.05, 4.69) is 20.3 Å². The zero-order valence-corrected chi connectivity index (χ0v) is 14.0. The normalized spacial score (nSPS) is 11.8. The number of hydrogen-bond acceptors (Lipinski definition) is 4. The predicted molar refractivity (Wildman–Crippen MR) is 95.1 cm³/mol. The van der Waals surface area contributed by atoms with Gasteiger partial charge in [0.05, 0.1) is 6.04 Å². The van der Waals surface area contributed by atoms with Crippen LogP contribution < -0.4 is 10.9 Å². The van der Waals surface area contributed by atoms with Gasteiger partial charge in [0.15, 0.2) is 0 Å². The Hall–Kier alpha value is -3.28. The van der Waals surface area contributed by atoms with Crippen molar-refractivity contribution < 1.29 is 4.79 Å². The van der Waals surface area contributed by atoms with Crippen molar-refractivity contribution in [1.82, 2.24) is 20.3 Å². The van der Waals surface area contributed by atoms with E-state index in [1.54, 1.807) is 25.4 Å². The molecule has 1 atom stereocenters. The van der Waals surface area contributed by atoms with Crippen LogP contribution >= 0.6 is 0 Å². The molecular weight excluding hydrogens is 316 g/mol. The molecule has 2 aromatic heterocycles. The summed E-state index contributed by atoms with van der Waals surface area (Å²) < 4.78 is 0. The highest BCUT2D eigenvalue weighted by atomic mass is 16.2. The van der Waals surface area contributed by atoms with Gasteiger partial charge in [0.1, 0.15) is 6.33 Å². The molecule has 0 saturated carbocycles. The van der Waals surface area contributed by atoms with Gasteiger partial charge in [-0.3, -0.25) is 9.59 Å². The summed E-state index contributed by atoms with van der Waals surface area (Å²) in [6.45, 7) is 3.65. The molecule has 0 fully saturated rings. The van der Waals surface area contributed by atoms with Gasteiger partial charge in [0, 0.05) is 35.3 Å². The number of carbonyl (C=O) groups is 1. The van der Waals surface area contributed by atoms with Gasteiger partial charge in [-0.1, -0.05) is 24.3 Å². The Balaban J connectivity index is 1.73. The number of pyridine rings is 1. The number of amides is 1. The van der Waals surface area contributed by atoms with Gasteiger partial charge in [0.2, 0.25) is 5.56 Å². The number of rotatable bonds is 4. The molecule has 0 aliphatic carbocycles. The molecule has 0 bridgehead atoms. The highest BCUT2D eigenvalue weighted by Crippen LogP contribution is 2.20. The highest BCUT2D eigenvalue weighted by molar-refractivity contribution is 5.94. The largest absolute Gasteiger partial charge is 0.346 e. The van der Waals surface area contributed by atoms with Crippen molar-refractivity contribution in [3.63, 3.8) is 0 Å². The van der Waals surface area contributed by atoms with Gasteiger partial charge in [0.25, 0.3) is 5.91 Å². The summed E-state index contributed by atoms with van der Waals surface area (Å²) in [5, 5.41) is 2.91. The number of H-pyrrole nitrogens is 1. The molecule has 2 heterocycles. The number of carbonyl (C=O) groups excluding carboxylic acids is 1. The summed E-state index contributed by atoms with van der Waals surface area (Å²) in [6, 6.07) is 10.6. The lowest BCUT2D eigenvalue weighted by molar-refractivity contribution is 0.0939. The smallest absolute Gasteiger partial charge is 0.252 e. The maximum absolute atomic E-state index is 12.3. The number of aryl methyl sites for hydroxylation is 1. The van der Waals surface area contributed by atoms with Crippen LogP contribution in [0.4, 0.5) is 0 Å². The number of benzene rings is 1. The second kappa shape index (κ2) is 7.09. The number of nitrogens with zero attached hydrogens (tertiary/aromatic N) is 2. The molecule has 0 aliphatic rings. The Morgan fingerprint density at radius 1 is 1.08 bits per heavy atom. The Morgan fingerprint density at radius 2 is 1.76 bits per heavy atom. The monoisotopic (exact) mass is 334 g/mol. The summed E-state index contributed by atoms with van der Waals surface area (Å²) in [6.07, 6.45) is 5.00. The molecule has 0 aliphatic heterocycles. The van der Waals surface area contributed by atoms with Crippen LogP contribution in [0.3, 0.4) is 0 Å². The number of hydrogen-bond donors (Lipinski definition) is 2. The summed E-state index contributed by atoms with van der Waals surface area (Å²) in [5.41, 5.74) is 3.63. The fraction of sp³-hybridized carbons (Fsp3) is 0.158. The third kappa shape index (κ3) is 3.98. The lowest BCUT2D eigenvalue weighted by Crippen LogP contribution is -2.27. The van der Waals surface area contributed by atoms with Crippen molar-refractivity contribution >= 4 is 5.91 Å². The van der Waals surface area contributed by atoms with Gasteiger partial charge in [-0.25, -0.2) is 9.97 Å². The van der Waals surface area contributed by atoms with Crippen molar-refractivity contribution in [2.45, 2.75) is 19.9 Å². The fourth-order valence-corrected chi connectivity index (χ4v) is 2.59. The molecule has 1 aromatic carbocycles. The van der Waals surface area contributed by atoms with Crippen LogP contribution in [-0.2, 0) is 0 Å². The topological polar surface area (TPSA) is 87.7 Å². The van der Waals surface area contributed by atoms with Crippen LogP contribution in [-0.4, -0.2) is 20.9 Å². The van der Waals surface area contributed by atoms with Gasteiger partial charge >= 0.3 is 0 Å². The molecule has 0 unspecified atom stereocenters. The van der Waals surface area contributed by atoms with Gasteiger partial charge in [-0.05, 0) is 31.0 Å². The molecule has 25 heavy (non-hydrogen) atoms. The molecule has 6 heteroatoms. The molecule has 0 saturated heterocycles.